The largest absolute Gasteiger partial charge is 0.480 e. The second-order valence-electron chi connectivity index (χ2n) is 7.95. The summed E-state index contributed by atoms with van der Waals surface area (Å²) in [5, 5.41) is 26.8. The number of thiazole rings is 1. The highest BCUT2D eigenvalue weighted by Gasteiger charge is 2.31. The topological polar surface area (TPSA) is 134 Å². The van der Waals surface area contributed by atoms with Gasteiger partial charge in [-0.25, -0.2) is 4.98 Å². The predicted molar refractivity (Wildman–Crippen MR) is 146 cm³/mol. The second kappa shape index (κ2) is 10.7. The zero-order chi connectivity index (χ0) is 26.1. The molecule has 0 unspecified atom stereocenters. The first-order valence-corrected chi connectivity index (χ1v) is 13.9. The fourth-order valence-corrected chi connectivity index (χ4v) is 7.29. The third kappa shape index (κ3) is 5.58. The molecule has 13 heteroatoms. The molecule has 0 aliphatic carbocycles. The van der Waals surface area contributed by atoms with Crippen molar-refractivity contribution in [1.29, 1.82) is 0 Å². The molecule has 5 rings (SSSR count). The number of rotatable bonds is 7. The molecule has 1 fully saturated rings. The lowest BCUT2D eigenvalue weighted by atomic mass is 10.2. The third-order valence-electron chi connectivity index (χ3n) is 5.51. The quantitative estimate of drug-likeness (QED) is 0.179. The van der Waals surface area contributed by atoms with Gasteiger partial charge in [0.15, 0.2) is 4.34 Å². The second-order valence-corrected chi connectivity index (χ2v) is 11.8. The van der Waals surface area contributed by atoms with Crippen molar-refractivity contribution in [3.8, 4) is 0 Å². The van der Waals surface area contributed by atoms with Crippen LogP contribution in [0.25, 0.3) is 10.2 Å². The lowest BCUT2D eigenvalue weighted by Gasteiger charge is -2.12. The number of nitro groups is 1. The Labute approximate surface area is 227 Å². The van der Waals surface area contributed by atoms with Gasteiger partial charge in [-0.05, 0) is 42.0 Å². The van der Waals surface area contributed by atoms with Gasteiger partial charge in [0.05, 0.1) is 36.0 Å². The van der Waals surface area contributed by atoms with Crippen molar-refractivity contribution >= 4 is 79.9 Å². The van der Waals surface area contributed by atoms with Crippen LogP contribution in [0.15, 0.2) is 69.9 Å². The Balaban J connectivity index is 1.35. The summed E-state index contributed by atoms with van der Waals surface area (Å²) < 4.78 is 1.42. The molecule has 3 N–H and O–H groups in total. The Hall–Kier alpha value is -3.16. The van der Waals surface area contributed by atoms with Gasteiger partial charge in [-0.1, -0.05) is 41.6 Å². The Morgan fingerprint density at radius 1 is 1.19 bits per heavy atom. The number of thioether (sulfide) groups is 1. The van der Waals surface area contributed by atoms with E-state index in [9.17, 15) is 24.8 Å². The van der Waals surface area contributed by atoms with E-state index in [1.807, 2.05) is 0 Å². The average molecular weight is 573 g/mol. The minimum atomic E-state index is -0.945. The molecule has 3 aromatic carbocycles. The van der Waals surface area contributed by atoms with Crippen molar-refractivity contribution in [2.45, 2.75) is 20.7 Å². The van der Waals surface area contributed by atoms with E-state index in [0.29, 0.717) is 42.3 Å². The highest BCUT2D eigenvalue weighted by molar-refractivity contribution is 8.01. The molecule has 1 amide bonds. The number of carboxylic acids is 1. The van der Waals surface area contributed by atoms with Crippen LogP contribution in [0.3, 0.4) is 0 Å². The summed E-state index contributed by atoms with van der Waals surface area (Å²) in [6.45, 7) is 0. The number of fused-ring (bicyclic) bond motifs is 1. The first-order chi connectivity index (χ1) is 17.8. The van der Waals surface area contributed by atoms with Crippen molar-refractivity contribution < 1.29 is 19.6 Å². The molecular formula is C24H17ClN4O5S3. The molecule has 1 aliphatic rings. The minimum absolute atomic E-state index is 0.0735. The molecule has 0 spiro atoms. The number of hydrogen-bond donors (Lipinski definition) is 3. The summed E-state index contributed by atoms with van der Waals surface area (Å²) in [4.78, 5) is 40.2. The highest BCUT2D eigenvalue weighted by atomic mass is 35.5. The van der Waals surface area contributed by atoms with E-state index in [1.165, 1.54) is 40.9 Å². The van der Waals surface area contributed by atoms with Crippen molar-refractivity contribution in [2.24, 2.45) is 0 Å². The highest BCUT2D eigenvalue weighted by Crippen LogP contribution is 2.42. The van der Waals surface area contributed by atoms with E-state index < -0.39 is 16.9 Å². The number of amides is 1. The SMILES string of the molecule is O=C(Nc1ccc2nc(Sc3ccc([C@H]4N[C@H](C(=O)O)CS4)cc3[N+](=O)[O-])sc2c1)c1ccccc1Cl. The van der Waals surface area contributed by atoms with Gasteiger partial charge >= 0.3 is 5.97 Å². The van der Waals surface area contributed by atoms with Gasteiger partial charge in [0, 0.05) is 17.5 Å². The summed E-state index contributed by atoms with van der Waals surface area (Å²) in [5.41, 5.74) is 2.22. The predicted octanol–water partition coefficient (Wildman–Crippen LogP) is 6.05. The van der Waals surface area contributed by atoms with E-state index in [0.717, 1.165) is 4.70 Å². The van der Waals surface area contributed by atoms with Crippen LogP contribution in [0.5, 0.6) is 0 Å². The molecule has 0 bridgehead atoms. The molecule has 188 valence electrons. The minimum Gasteiger partial charge on any atom is -0.480 e. The number of nitrogens with one attached hydrogen (secondary N) is 2. The summed E-state index contributed by atoms with van der Waals surface area (Å²) in [6.07, 6.45) is 0. The fraction of sp³-hybridized carbons (Fsp3) is 0.125. The van der Waals surface area contributed by atoms with Gasteiger partial charge in [-0.15, -0.1) is 23.1 Å². The lowest BCUT2D eigenvalue weighted by molar-refractivity contribution is -0.387. The Morgan fingerprint density at radius 3 is 2.73 bits per heavy atom. The maximum atomic E-state index is 12.6. The number of benzene rings is 3. The van der Waals surface area contributed by atoms with Crippen LogP contribution in [-0.4, -0.2) is 38.7 Å². The first kappa shape index (κ1) is 25.5. The normalized spacial score (nSPS) is 17.1. The van der Waals surface area contributed by atoms with Crippen LogP contribution in [0.4, 0.5) is 11.4 Å². The molecule has 0 radical (unpaired) electrons. The number of nitrogens with zero attached hydrogens (tertiary/aromatic N) is 2. The van der Waals surface area contributed by atoms with Gasteiger partial charge in [0.2, 0.25) is 0 Å². The molecular weight excluding hydrogens is 556 g/mol. The smallest absolute Gasteiger partial charge is 0.321 e. The molecule has 1 aliphatic heterocycles. The van der Waals surface area contributed by atoms with E-state index >= 15 is 0 Å². The van der Waals surface area contributed by atoms with E-state index in [2.05, 4.69) is 15.6 Å². The summed E-state index contributed by atoms with van der Waals surface area (Å²) >= 11 is 10.1. The molecule has 9 nitrogen and oxygen atoms in total. The van der Waals surface area contributed by atoms with Gasteiger partial charge < -0.3 is 10.4 Å². The van der Waals surface area contributed by atoms with Crippen LogP contribution in [0, 0.1) is 10.1 Å². The number of aliphatic carboxylic acids is 1. The maximum Gasteiger partial charge on any atom is 0.321 e. The maximum absolute atomic E-state index is 12.6. The van der Waals surface area contributed by atoms with Gasteiger partial charge in [-0.2, -0.15) is 0 Å². The molecule has 1 aromatic heterocycles. The number of hydrogen-bond acceptors (Lipinski definition) is 9. The van der Waals surface area contributed by atoms with Gasteiger partial charge in [0.25, 0.3) is 11.6 Å². The lowest BCUT2D eigenvalue weighted by Crippen LogP contribution is -2.33. The van der Waals surface area contributed by atoms with E-state index in [4.69, 9.17) is 11.6 Å². The van der Waals surface area contributed by atoms with Crippen LogP contribution in [0.1, 0.15) is 21.3 Å². The summed E-state index contributed by atoms with van der Waals surface area (Å²) in [6, 6.07) is 16.3. The van der Waals surface area contributed by atoms with E-state index in [-0.39, 0.29) is 17.0 Å². The van der Waals surface area contributed by atoms with Gasteiger partial charge in [0.1, 0.15) is 6.04 Å². The molecule has 37 heavy (non-hydrogen) atoms. The van der Waals surface area contributed by atoms with Crippen molar-refractivity contribution in [3.05, 3.63) is 86.9 Å². The number of halogens is 1. The van der Waals surface area contributed by atoms with Crippen LogP contribution >= 0.6 is 46.5 Å². The average Bonchev–Trinajstić information content (AvgIpc) is 3.51. The number of carboxylic acid groups (broad SMARTS) is 1. The molecule has 2 heterocycles. The molecule has 1 saturated heterocycles. The van der Waals surface area contributed by atoms with Crippen LogP contribution in [0.2, 0.25) is 5.02 Å². The Morgan fingerprint density at radius 2 is 2.00 bits per heavy atom. The van der Waals surface area contributed by atoms with Crippen molar-refractivity contribution in [2.75, 3.05) is 11.1 Å². The van der Waals surface area contributed by atoms with E-state index in [1.54, 1.807) is 54.6 Å². The van der Waals surface area contributed by atoms with Crippen molar-refractivity contribution in [3.63, 3.8) is 0 Å². The number of nitro benzene ring substituents is 1. The van der Waals surface area contributed by atoms with Crippen LogP contribution in [-0.2, 0) is 4.79 Å². The molecule has 0 saturated carbocycles. The summed E-state index contributed by atoms with van der Waals surface area (Å²) in [5.74, 6) is -0.889. The number of anilines is 1. The zero-order valence-electron chi connectivity index (χ0n) is 18.7. The zero-order valence-corrected chi connectivity index (χ0v) is 21.9. The monoisotopic (exact) mass is 572 g/mol. The Kier molecular flexibility index (Phi) is 7.36. The number of carbonyl (C=O) groups excluding carboxylic acids is 1. The molecule has 4 aromatic rings. The number of carbonyl (C=O) groups is 2. The standard InChI is InChI=1S/C24H17ClN4O5S3/c25-15-4-2-1-3-14(15)21(30)26-13-6-7-16-20(10-13)37-24(28-16)36-19-8-5-12(9-18(19)29(33)34)22-27-17(11-35-22)23(31)32/h1-10,17,22,27H,11H2,(H,26,30)(H,31,32)/t17-,22-/m0/s1. The number of aromatic nitrogens is 1. The first-order valence-electron chi connectivity index (χ1n) is 10.8. The van der Waals surface area contributed by atoms with Gasteiger partial charge in [-0.3, -0.25) is 25.0 Å². The fourth-order valence-electron chi connectivity index (χ4n) is 3.70. The Bertz CT molecular complexity index is 1550. The summed E-state index contributed by atoms with van der Waals surface area (Å²) in [7, 11) is 0. The van der Waals surface area contributed by atoms with Crippen LogP contribution < -0.4 is 10.6 Å². The molecule has 2 atom stereocenters. The third-order valence-corrected chi connectivity index (χ3v) is 9.25. The van der Waals surface area contributed by atoms with Crippen molar-refractivity contribution in [1.82, 2.24) is 10.3 Å².